The van der Waals surface area contributed by atoms with Gasteiger partial charge < -0.3 is 16.2 Å². The largest absolute Gasteiger partial charge is 0.399 e. The molecule has 17 heavy (non-hydrogen) atoms. The Labute approximate surface area is 101 Å². The molecule has 1 aromatic rings. The van der Waals surface area contributed by atoms with Crippen LogP contribution in [0.4, 0.5) is 15.8 Å². The van der Waals surface area contributed by atoms with Gasteiger partial charge in [0.25, 0.3) is 0 Å². The fourth-order valence-corrected chi connectivity index (χ4v) is 2.37. The van der Waals surface area contributed by atoms with Gasteiger partial charge in [0, 0.05) is 17.9 Å². The van der Waals surface area contributed by atoms with Crippen LogP contribution in [0.5, 0.6) is 0 Å². The molecule has 2 rings (SSSR count). The predicted molar refractivity (Wildman–Crippen MR) is 67.3 cm³/mol. The molecular weight excluding hydrogens is 219 g/mol. The Balaban J connectivity index is 1.96. The van der Waals surface area contributed by atoms with Crippen molar-refractivity contribution in [2.24, 2.45) is 0 Å². The van der Waals surface area contributed by atoms with E-state index in [-0.39, 0.29) is 5.82 Å². The lowest BCUT2D eigenvalue weighted by atomic mass is 9.85. The zero-order valence-electron chi connectivity index (χ0n) is 9.88. The second-order valence-corrected chi connectivity index (χ2v) is 4.91. The summed E-state index contributed by atoms with van der Waals surface area (Å²) in [5.74, 6) is -0.358. The van der Waals surface area contributed by atoms with E-state index in [0.717, 1.165) is 25.7 Å². The average Bonchev–Trinajstić information content (AvgIpc) is 2.26. The third kappa shape index (κ3) is 3.33. The highest BCUT2D eigenvalue weighted by atomic mass is 19.1. The van der Waals surface area contributed by atoms with Gasteiger partial charge in [-0.1, -0.05) is 19.3 Å². The predicted octanol–water partition coefficient (Wildman–Crippen LogP) is 2.52. The first-order valence-electron chi connectivity index (χ1n) is 6.10. The number of anilines is 2. The highest BCUT2D eigenvalue weighted by Gasteiger charge is 2.28. The molecule has 0 radical (unpaired) electrons. The van der Waals surface area contributed by atoms with Gasteiger partial charge in [0.1, 0.15) is 5.82 Å². The number of halogens is 1. The lowest BCUT2D eigenvalue weighted by molar-refractivity contribution is 0.0167. The molecule has 1 fully saturated rings. The molecule has 4 heteroatoms. The lowest BCUT2D eigenvalue weighted by Crippen LogP contribution is -2.38. The Kier molecular flexibility index (Phi) is 3.52. The molecule has 0 spiro atoms. The van der Waals surface area contributed by atoms with E-state index in [1.54, 1.807) is 6.07 Å². The van der Waals surface area contributed by atoms with Gasteiger partial charge in [-0.2, -0.15) is 0 Å². The van der Waals surface area contributed by atoms with Gasteiger partial charge in [-0.25, -0.2) is 4.39 Å². The summed E-state index contributed by atoms with van der Waals surface area (Å²) in [6.07, 6.45) is 4.93. The van der Waals surface area contributed by atoms with Crippen LogP contribution in [0, 0.1) is 5.82 Å². The van der Waals surface area contributed by atoms with Gasteiger partial charge in [-0.15, -0.1) is 0 Å². The third-order valence-electron chi connectivity index (χ3n) is 3.33. The maximum Gasteiger partial charge on any atom is 0.127 e. The van der Waals surface area contributed by atoms with E-state index in [0.29, 0.717) is 17.9 Å². The first-order chi connectivity index (χ1) is 8.07. The topological polar surface area (TPSA) is 58.3 Å². The van der Waals surface area contributed by atoms with Gasteiger partial charge >= 0.3 is 0 Å². The summed E-state index contributed by atoms with van der Waals surface area (Å²) in [4.78, 5) is 0. The van der Waals surface area contributed by atoms with Crippen molar-refractivity contribution in [2.75, 3.05) is 17.6 Å². The van der Waals surface area contributed by atoms with Crippen LogP contribution in [0.15, 0.2) is 18.2 Å². The number of nitrogens with one attached hydrogen (secondary N) is 1. The zero-order valence-corrected chi connectivity index (χ0v) is 9.88. The molecule has 1 saturated carbocycles. The molecule has 0 amide bonds. The van der Waals surface area contributed by atoms with E-state index >= 15 is 0 Å². The number of hydrogen-bond donors (Lipinski definition) is 3. The standard InChI is InChI=1S/C13H19FN2O/c14-10-6-11(15)8-12(7-10)16-9-13(17)4-2-1-3-5-13/h6-8,16-17H,1-5,9,15H2. The van der Waals surface area contributed by atoms with Gasteiger partial charge in [-0.3, -0.25) is 0 Å². The quantitative estimate of drug-likeness (QED) is 0.709. The minimum absolute atomic E-state index is 0.358. The highest BCUT2D eigenvalue weighted by molar-refractivity contribution is 5.54. The van der Waals surface area contributed by atoms with Crippen molar-refractivity contribution in [2.45, 2.75) is 37.7 Å². The second-order valence-electron chi connectivity index (χ2n) is 4.91. The molecule has 0 atom stereocenters. The van der Waals surface area contributed by atoms with Crippen LogP contribution < -0.4 is 11.1 Å². The smallest absolute Gasteiger partial charge is 0.127 e. The van der Waals surface area contributed by atoms with Crippen molar-refractivity contribution in [3.05, 3.63) is 24.0 Å². The van der Waals surface area contributed by atoms with Crippen LogP contribution in [-0.2, 0) is 0 Å². The number of nitrogens with two attached hydrogens (primary N) is 1. The van der Waals surface area contributed by atoms with E-state index < -0.39 is 5.60 Å². The summed E-state index contributed by atoms with van der Waals surface area (Å²) in [5, 5.41) is 13.4. The van der Waals surface area contributed by atoms with Crippen molar-refractivity contribution in [3.63, 3.8) is 0 Å². The number of hydrogen-bond acceptors (Lipinski definition) is 3. The average molecular weight is 238 g/mol. The van der Waals surface area contributed by atoms with E-state index in [1.807, 2.05) is 0 Å². The number of benzene rings is 1. The molecule has 0 aromatic heterocycles. The summed E-state index contributed by atoms with van der Waals surface area (Å²) in [5.41, 5.74) is 5.92. The normalized spacial score (nSPS) is 18.9. The molecule has 1 aliphatic rings. The van der Waals surface area contributed by atoms with Crippen LogP contribution in [0.2, 0.25) is 0 Å². The zero-order chi connectivity index (χ0) is 12.3. The summed E-state index contributed by atoms with van der Waals surface area (Å²) in [7, 11) is 0. The molecular formula is C13H19FN2O. The third-order valence-corrected chi connectivity index (χ3v) is 3.33. The summed E-state index contributed by atoms with van der Waals surface area (Å²) in [6.45, 7) is 0.454. The van der Waals surface area contributed by atoms with Crippen LogP contribution in [0.25, 0.3) is 0 Å². The Morgan fingerprint density at radius 2 is 1.94 bits per heavy atom. The Hall–Kier alpha value is -1.29. The minimum Gasteiger partial charge on any atom is -0.399 e. The fraction of sp³-hybridized carbons (Fsp3) is 0.538. The van der Waals surface area contributed by atoms with Gasteiger partial charge in [-0.05, 0) is 31.0 Å². The maximum atomic E-state index is 13.1. The molecule has 4 N–H and O–H groups in total. The van der Waals surface area contributed by atoms with Crippen LogP contribution >= 0.6 is 0 Å². The van der Waals surface area contributed by atoms with Crippen molar-refractivity contribution in [1.82, 2.24) is 0 Å². The van der Waals surface area contributed by atoms with E-state index in [2.05, 4.69) is 5.32 Å². The van der Waals surface area contributed by atoms with E-state index in [1.165, 1.54) is 18.6 Å². The van der Waals surface area contributed by atoms with E-state index in [4.69, 9.17) is 5.73 Å². The van der Waals surface area contributed by atoms with Crippen molar-refractivity contribution < 1.29 is 9.50 Å². The van der Waals surface area contributed by atoms with Crippen molar-refractivity contribution >= 4 is 11.4 Å². The first kappa shape index (κ1) is 12.2. The molecule has 1 aromatic carbocycles. The highest BCUT2D eigenvalue weighted by Crippen LogP contribution is 2.28. The van der Waals surface area contributed by atoms with Crippen LogP contribution in [0.3, 0.4) is 0 Å². The lowest BCUT2D eigenvalue weighted by Gasteiger charge is -2.32. The molecule has 0 heterocycles. The second kappa shape index (κ2) is 4.92. The minimum atomic E-state index is -0.653. The summed E-state index contributed by atoms with van der Waals surface area (Å²) < 4.78 is 13.1. The monoisotopic (exact) mass is 238 g/mol. The number of nitrogen functional groups attached to an aromatic ring is 1. The Morgan fingerprint density at radius 3 is 2.59 bits per heavy atom. The van der Waals surface area contributed by atoms with Crippen molar-refractivity contribution in [1.29, 1.82) is 0 Å². The summed E-state index contributed by atoms with van der Waals surface area (Å²) >= 11 is 0. The molecule has 94 valence electrons. The molecule has 1 aliphatic carbocycles. The molecule has 0 bridgehead atoms. The number of rotatable bonds is 3. The first-order valence-corrected chi connectivity index (χ1v) is 6.10. The molecule has 3 nitrogen and oxygen atoms in total. The van der Waals surface area contributed by atoms with Crippen molar-refractivity contribution in [3.8, 4) is 0 Å². The van der Waals surface area contributed by atoms with Crippen LogP contribution in [0.1, 0.15) is 32.1 Å². The maximum absolute atomic E-state index is 13.1. The molecule has 0 aliphatic heterocycles. The Bertz CT molecular complexity index is 369. The van der Waals surface area contributed by atoms with Gasteiger partial charge in [0.05, 0.1) is 5.60 Å². The molecule has 0 unspecified atom stereocenters. The van der Waals surface area contributed by atoms with Gasteiger partial charge in [0.15, 0.2) is 0 Å². The fourth-order valence-electron chi connectivity index (χ4n) is 2.37. The SMILES string of the molecule is Nc1cc(F)cc(NCC2(O)CCCCC2)c1. The van der Waals surface area contributed by atoms with E-state index in [9.17, 15) is 9.50 Å². The number of aliphatic hydroxyl groups is 1. The van der Waals surface area contributed by atoms with Gasteiger partial charge in [0.2, 0.25) is 0 Å². The summed E-state index contributed by atoms with van der Waals surface area (Å²) in [6, 6.07) is 4.35. The molecule has 0 saturated heterocycles. The van der Waals surface area contributed by atoms with Crippen LogP contribution in [-0.4, -0.2) is 17.3 Å². The Morgan fingerprint density at radius 1 is 1.24 bits per heavy atom.